The average molecular weight is 276 g/mol. The molecule has 20 heavy (non-hydrogen) atoms. The van der Waals surface area contributed by atoms with Crippen LogP contribution in [0, 0.1) is 0 Å². The van der Waals surface area contributed by atoms with Crippen LogP contribution in [0.2, 0.25) is 0 Å². The Balaban J connectivity index is 1.83. The molecule has 0 radical (unpaired) electrons. The molecule has 1 unspecified atom stereocenters. The number of ether oxygens (including phenoxy) is 1. The fourth-order valence-corrected chi connectivity index (χ4v) is 2.35. The molecule has 1 fully saturated rings. The second kappa shape index (κ2) is 7.29. The molecule has 1 aliphatic rings. The van der Waals surface area contributed by atoms with Gasteiger partial charge in [-0.05, 0) is 57.5 Å². The second-order valence-corrected chi connectivity index (χ2v) is 5.56. The van der Waals surface area contributed by atoms with Crippen molar-refractivity contribution in [1.29, 1.82) is 0 Å². The molecule has 2 N–H and O–H groups in total. The predicted molar refractivity (Wildman–Crippen MR) is 81.1 cm³/mol. The van der Waals surface area contributed by atoms with Crippen molar-refractivity contribution in [3.8, 4) is 0 Å². The predicted octanol–water partition coefficient (Wildman–Crippen LogP) is 2.81. The number of esters is 1. The van der Waals surface area contributed by atoms with Gasteiger partial charge in [-0.25, -0.2) is 4.79 Å². The van der Waals surface area contributed by atoms with E-state index in [0.717, 1.165) is 18.8 Å². The molecule has 110 valence electrons. The van der Waals surface area contributed by atoms with E-state index in [0.29, 0.717) is 11.6 Å². The molecule has 0 bridgehead atoms. The first kappa shape index (κ1) is 14.9. The zero-order valence-electron chi connectivity index (χ0n) is 12.3. The van der Waals surface area contributed by atoms with Crippen molar-refractivity contribution >= 4 is 11.7 Å². The fraction of sp³-hybridized carbons (Fsp3) is 0.562. The number of anilines is 1. The number of nitrogens with one attached hydrogen (secondary N) is 2. The minimum Gasteiger partial charge on any atom is -0.459 e. The lowest BCUT2D eigenvalue weighted by Crippen LogP contribution is -2.39. The third kappa shape index (κ3) is 4.53. The van der Waals surface area contributed by atoms with E-state index in [2.05, 4.69) is 10.6 Å². The van der Waals surface area contributed by atoms with Gasteiger partial charge in [-0.2, -0.15) is 0 Å². The summed E-state index contributed by atoms with van der Waals surface area (Å²) in [6, 6.07) is 8.02. The highest BCUT2D eigenvalue weighted by atomic mass is 16.5. The first-order valence-corrected chi connectivity index (χ1v) is 7.43. The van der Waals surface area contributed by atoms with Gasteiger partial charge in [0.25, 0.3) is 0 Å². The van der Waals surface area contributed by atoms with Gasteiger partial charge in [0.15, 0.2) is 0 Å². The summed E-state index contributed by atoms with van der Waals surface area (Å²) in [6.45, 7) is 5.75. The Hall–Kier alpha value is -1.55. The lowest BCUT2D eigenvalue weighted by atomic mass is 10.1. The van der Waals surface area contributed by atoms with Crippen LogP contribution in [0.3, 0.4) is 0 Å². The summed E-state index contributed by atoms with van der Waals surface area (Å²) in [7, 11) is 0. The fourth-order valence-electron chi connectivity index (χ4n) is 2.35. The molecule has 0 spiro atoms. The van der Waals surface area contributed by atoms with Crippen LogP contribution in [-0.2, 0) is 4.74 Å². The van der Waals surface area contributed by atoms with Crippen molar-refractivity contribution in [2.45, 2.75) is 45.3 Å². The van der Waals surface area contributed by atoms with Gasteiger partial charge in [-0.3, -0.25) is 0 Å². The first-order valence-electron chi connectivity index (χ1n) is 7.43. The van der Waals surface area contributed by atoms with Gasteiger partial charge in [0.05, 0.1) is 11.7 Å². The largest absolute Gasteiger partial charge is 0.459 e. The molecule has 4 nitrogen and oxygen atoms in total. The van der Waals surface area contributed by atoms with Crippen molar-refractivity contribution in [2.24, 2.45) is 0 Å². The first-order chi connectivity index (χ1) is 9.65. The number of piperidine rings is 1. The maximum atomic E-state index is 11.7. The molecule has 1 saturated heterocycles. The molecule has 1 aromatic rings. The number of hydrogen-bond donors (Lipinski definition) is 2. The van der Waals surface area contributed by atoms with Crippen LogP contribution < -0.4 is 10.6 Å². The van der Waals surface area contributed by atoms with Gasteiger partial charge in [0, 0.05) is 18.3 Å². The zero-order valence-corrected chi connectivity index (χ0v) is 12.3. The van der Waals surface area contributed by atoms with Crippen LogP contribution in [0.5, 0.6) is 0 Å². The summed E-state index contributed by atoms with van der Waals surface area (Å²) in [6.07, 6.45) is 3.73. The Bertz CT molecular complexity index is 423. The minimum absolute atomic E-state index is 0.0855. The standard InChI is InChI=1S/C16H24N2O2/c1-12(2)20-16(19)13-6-8-14(9-7-13)18-11-15-5-3-4-10-17-15/h6-9,12,15,17-18H,3-5,10-11H2,1-2H3. The Morgan fingerprint density at radius 3 is 2.70 bits per heavy atom. The normalized spacial score (nSPS) is 18.9. The molecule has 0 amide bonds. The summed E-state index contributed by atoms with van der Waals surface area (Å²) >= 11 is 0. The van der Waals surface area contributed by atoms with Crippen molar-refractivity contribution < 1.29 is 9.53 Å². The van der Waals surface area contributed by atoms with E-state index in [9.17, 15) is 4.79 Å². The minimum atomic E-state index is -0.263. The molecule has 1 heterocycles. The quantitative estimate of drug-likeness (QED) is 0.812. The average Bonchev–Trinajstić information content (AvgIpc) is 2.46. The molecule has 0 saturated carbocycles. The lowest BCUT2D eigenvalue weighted by molar-refractivity contribution is 0.0378. The summed E-state index contributed by atoms with van der Waals surface area (Å²) in [5, 5.41) is 6.91. The number of carbonyl (C=O) groups is 1. The van der Waals surface area contributed by atoms with Gasteiger partial charge in [-0.15, -0.1) is 0 Å². The van der Waals surface area contributed by atoms with Crippen LogP contribution in [0.4, 0.5) is 5.69 Å². The lowest BCUT2D eigenvalue weighted by Gasteiger charge is -2.24. The molecular weight excluding hydrogens is 252 g/mol. The summed E-state index contributed by atoms with van der Waals surface area (Å²) in [5.41, 5.74) is 1.64. The summed E-state index contributed by atoms with van der Waals surface area (Å²) in [5.74, 6) is -0.263. The Morgan fingerprint density at radius 1 is 1.35 bits per heavy atom. The van der Waals surface area contributed by atoms with E-state index >= 15 is 0 Å². The molecular formula is C16H24N2O2. The Morgan fingerprint density at radius 2 is 2.10 bits per heavy atom. The number of carbonyl (C=O) groups excluding carboxylic acids is 1. The molecule has 0 aliphatic carbocycles. The van der Waals surface area contributed by atoms with Crippen LogP contribution in [0.25, 0.3) is 0 Å². The number of benzene rings is 1. The van der Waals surface area contributed by atoms with E-state index in [-0.39, 0.29) is 12.1 Å². The van der Waals surface area contributed by atoms with E-state index < -0.39 is 0 Å². The SMILES string of the molecule is CC(C)OC(=O)c1ccc(NCC2CCCCN2)cc1. The van der Waals surface area contributed by atoms with Crippen LogP contribution in [0.1, 0.15) is 43.5 Å². The maximum absolute atomic E-state index is 11.7. The van der Waals surface area contributed by atoms with Gasteiger partial charge >= 0.3 is 5.97 Å². The molecule has 4 heteroatoms. The Kier molecular flexibility index (Phi) is 5.41. The highest BCUT2D eigenvalue weighted by molar-refractivity contribution is 5.89. The van der Waals surface area contributed by atoms with Crippen molar-refractivity contribution in [2.75, 3.05) is 18.4 Å². The topological polar surface area (TPSA) is 50.4 Å². The summed E-state index contributed by atoms with van der Waals surface area (Å²) < 4.78 is 5.16. The van der Waals surface area contributed by atoms with Crippen molar-refractivity contribution in [3.05, 3.63) is 29.8 Å². The van der Waals surface area contributed by atoms with E-state index in [1.54, 1.807) is 12.1 Å². The van der Waals surface area contributed by atoms with Crippen molar-refractivity contribution in [3.63, 3.8) is 0 Å². The van der Waals surface area contributed by atoms with Crippen LogP contribution >= 0.6 is 0 Å². The maximum Gasteiger partial charge on any atom is 0.338 e. The van der Waals surface area contributed by atoms with Crippen LogP contribution in [0.15, 0.2) is 24.3 Å². The highest BCUT2D eigenvalue weighted by Gasteiger charge is 2.12. The molecule has 1 atom stereocenters. The van der Waals surface area contributed by atoms with Gasteiger partial charge in [0.1, 0.15) is 0 Å². The van der Waals surface area contributed by atoms with Crippen molar-refractivity contribution in [1.82, 2.24) is 5.32 Å². The number of rotatable bonds is 5. The zero-order chi connectivity index (χ0) is 14.4. The molecule has 2 rings (SSSR count). The number of hydrogen-bond acceptors (Lipinski definition) is 4. The van der Waals surface area contributed by atoms with Gasteiger partial charge < -0.3 is 15.4 Å². The third-order valence-electron chi connectivity index (χ3n) is 3.43. The third-order valence-corrected chi connectivity index (χ3v) is 3.43. The molecule has 1 aliphatic heterocycles. The van der Waals surface area contributed by atoms with Crippen LogP contribution in [-0.4, -0.2) is 31.2 Å². The highest BCUT2D eigenvalue weighted by Crippen LogP contribution is 2.13. The van der Waals surface area contributed by atoms with Gasteiger partial charge in [-0.1, -0.05) is 6.42 Å². The molecule has 0 aromatic heterocycles. The van der Waals surface area contributed by atoms with E-state index in [4.69, 9.17) is 4.74 Å². The monoisotopic (exact) mass is 276 g/mol. The van der Waals surface area contributed by atoms with Gasteiger partial charge in [0.2, 0.25) is 0 Å². The Labute approximate surface area is 120 Å². The second-order valence-electron chi connectivity index (χ2n) is 5.56. The van der Waals surface area contributed by atoms with E-state index in [1.807, 2.05) is 26.0 Å². The molecule has 1 aromatic carbocycles. The van der Waals surface area contributed by atoms with E-state index in [1.165, 1.54) is 19.3 Å². The smallest absolute Gasteiger partial charge is 0.338 e. The summed E-state index contributed by atoms with van der Waals surface area (Å²) in [4.78, 5) is 11.7.